The van der Waals surface area contributed by atoms with Gasteiger partial charge in [0.1, 0.15) is 5.56 Å². The summed E-state index contributed by atoms with van der Waals surface area (Å²) < 4.78 is 44.5. The number of hydrogen-bond acceptors (Lipinski definition) is 4. The number of aromatic nitrogens is 5. The van der Waals surface area contributed by atoms with E-state index in [4.69, 9.17) is 0 Å². The molecule has 0 saturated carbocycles. The van der Waals surface area contributed by atoms with Crippen molar-refractivity contribution in [1.29, 1.82) is 0 Å². The molecule has 6 aromatic rings. The average molecular weight is 486 g/mol. The van der Waals surface area contributed by atoms with Gasteiger partial charge in [-0.1, -0.05) is 54.6 Å². The first-order valence-electron chi connectivity index (χ1n) is 11.0. The van der Waals surface area contributed by atoms with Gasteiger partial charge in [0.2, 0.25) is 5.95 Å². The maximum Gasteiger partial charge on any atom is 0.433 e. The molecule has 3 aromatic carbocycles. The lowest BCUT2D eigenvalue weighted by molar-refractivity contribution is -0.142. The number of fused-ring (bicyclic) bond motifs is 3. The molecule has 0 bridgehead atoms. The fraction of sp³-hybridized carbons (Fsp3) is 0.0769. The van der Waals surface area contributed by atoms with Crippen molar-refractivity contribution in [1.82, 2.24) is 24.1 Å². The number of carbonyl (C=O) groups is 1. The largest absolute Gasteiger partial charge is 0.433 e. The van der Waals surface area contributed by atoms with Crippen LogP contribution in [0.25, 0.3) is 38.7 Å². The Kier molecular flexibility index (Phi) is 4.78. The van der Waals surface area contributed by atoms with Crippen LogP contribution in [-0.4, -0.2) is 30.1 Å². The highest BCUT2D eigenvalue weighted by atomic mass is 19.4. The van der Waals surface area contributed by atoms with E-state index in [0.29, 0.717) is 15.6 Å². The molecule has 1 N–H and O–H groups in total. The average Bonchev–Trinajstić information content (AvgIpc) is 3.43. The Morgan fingerprint density at radius 3 is 2.50 bits per heavy atom. The third kappa shape index (κ3) is 3.46. The van der Waals surface area contributed by atoms with E-state index < -0.39 is 17.8 Å². The van der Waals surface area contributed by atoms with Crippen molar-refractivity contribution in [3.63, 3.8) is 0 Å². The first kappa shape index (κ1) is 21.8. The van der Waals surface area contributed by atoms with Crippen molar-refractivity contribution in [2.24, 2.45) is 7.05 Å². The highest BCUT2D eigenvalue weighted by molar-refractivity contribution is 6.08. The Morgan fingerprint density at radius 2 is 1.69 bits per heavy atom. The Balaban J connectivity index is 1.51. The van der Waals surface area contributed by atoms with Gasteiger partial charge in [-0.25, -0.2) is 14.5 Å². The summed E-state index contributed by atoms with van der Waals surface area (Å²) in [5.74, 6) is -0.416. The van der Waals surface area contributed by atoms with Gasteiger partial charge in [-0.15, -0.1) is 0 Å². The number of para-hydroxylation sites is 2. The van der Waals surface area contributed by atoms with Crippen LogP contribution >= 0.6 is 0 Å². The lowest BCUT2D eigenvalue weighted by Crippen LogP contribution is -2.17. The van der Waals surface area contributed by atoms with E-state index in [1.807, 2.05) is 48.5 Å². The highest BCUT2D eigenvalue weighted by Gasteiger charge is 2.36. The predicted molar refractivity (Wildman–Crippen MR) is 130 cm³/mol. The Bertz CT molecular complexity index is 1800. The van der Waals surface area contributed by atoms with Gasteiger partial charge in [-0.2, -0.15) is 18.3 Å². The zero-order valence-corrected chi connectivity index (χ0v) is 18.8. The molecule has 178 valence electrons. The van der Waals surface area contributed by atoms with Gasteiger partial charge in [0.15, 0.2) is 11.3 Å². The summed E-state index contributed by atoms with van der Waals surface area (Å²) in [7, 11) is 1.74. The van der Waals surface area contributed by atoms with Crippen LogP contribution in [0.15, 0.2) is 79.0 Å². The summed E-state index contributed by atoms with van der Waals surface area (Å²) in [5.41, 5.74) is 0.734. The number of alkyl halides is 3. The monoisotopic (exact) mass is 486 g/mol. The molecule has 3 heterocycles. The van der Waals surface area contributed by atoms with Gasteiger partial charge in [0.25, 0.3) is 5.91 Å². The minimum absolute atomic E-state index is 0.0869. The van der Waals surface area contributed by atoms with Crippen molar-refractivity contribution in [2.75, 3.05) is 5.32 Å². The molecule has 10 heteroatoms. The first-order chi connectivity index (χ1) is 17.3. The first-order valence-corrected chi connectivity index (χ1v) is 11.0. The fourth-order valence-corrected chi connectivity index (χ4v) is 4.34. The molecular weight excluding hydrogens is 469 g/mol. The summed E-state index contributed by atoms with van der Waals surface area (Å²) >= 11 is 0. The van der Waals surface area contributed by atoms with Crippen LogP contribution in [-0.2, 0) is 13.2 Å². The van der Waals surface area contributed by atoms with Crippen molar-refractivity contribution in [3.8, 4) is 11.3 Å². The number of nitrogens with zero attached hydrogens (tertiary/aromatic N) is 5. The Hall–Kier alpha value is -4.73. The van der Waals surface area contributed by atoms with Crippen molar-refractivity contribution in [3.05, 3.63) is 90.3 Å². The number of aryl methyl sites for hydroxylation is 1. The van der Waals surface area contributed by atoms with Crippen LogP contribution < -0.4 is 5.32 Å². The fourth-order valence-electron chi connectivity index (χ4n) is 4.34. The van der Waals surface area contributed by atoms with E-state index in [-0.39, 0.29) is 22.9 Å². The van der Waals surface area contributed by atoms with E-state index in [1.54, 1.807) is 29.8 Å². The number of benzene rings is 3. The third-order valence-corrected chi connectivity index (χ3v) is 6.08. The molecule has 0 saturated heterocycles. The molecule has 6 rings (SSSR count). The third-order valence-electron chi connectivity index (χ3n) is 6.08. The summed E-state index contributed by atoms with van der Waals surface area (Å²) in [4.78, 5) is 22.1. The Morgan fingerprint density at radius 1 is 0.944 bits per heavy atom. The van der Waals surface area contributed by atoms with Crippen LogP contribution in [0.5, 0.6) is 0 Å². The molecule has 36 heavy (non-hydrogen) atoms. The maximum absolute atomic E-state index is 14.1. The van der Waals surface area contributed by atoms with Crippen LogP contribution in [0.4, 0.5) is 19.1 Å². The minimum atomic E-state index is -4.72. The van der Waals surface area contributed by atoms with E-state index in [0.717, 1.165) is 28.6 Å². The van der Waals surface area contributed by atoms with Crippen LogP contribution in [0.3, 0.4) is 0 Å². The molecule has 0 aliphatic heterocycles. The van der Waals surface area contributed by atoms with Gasteiger partial charge in [-0.05, 0) is 29.0 Å². The second-order valence-electron chi connectivity index (χ2n) is 8.28. The smallest absolute Gasteiger partial charge is 0.313 e. The minimum Gasteiger partial charge on any atom is -0.313 e. The van der Waals surface area contributed by atoms with Gasteiger partial charge >= 0.3 is 6.18 Å². The maximum atomic E-state index is 14.1. The number of hydrogen-bond donors (Lipinski definition) is 1. The standard InChI is InChI=1S/C26H17F3N6O/c1-34-21-12-5-4-11-19(21)32-25(34)33-24(36)18-14-30-35-22(26(27,28)29)13-20(31-23(18)35)17-10-6-8-15-7-2-3-9-16(15)17/h2-14H,1H3,(H,32,33,36). The number of halogens is 3. The molecule has 0 spiro atoms. The van der Waals surface area contributed by atoms with Gasteiger partial charge < -0.3 is 4.57 Å². The molecule has 0 aliphatic carbocycles. The van der Waals surface area contributed by atoms with E-state index >= 15 is 0 Å². The number of anilines is 1. The summed E-state index contributed by atoms with van der Waals surface area (Å²) in [5, 5.41) is 8.14. The molecule has 0 unspecified atom stereocenters. The molecule has 7 nitrogen and oxygen atoms in total. The topological polar surface area (TPSA) is 77.1 Å². The number of nitrogens with one attached hydrogen (secondary N) is 1. The zero-order chi connectivity index (χ0) is 25.0. The molecule has 0 radical (unpaired) electrons. The molecule has 1 amide bonds. The number of imidazole rings is 1. The lowest BCUT2D eigenvalue weighted by atomic mass is 10.0. The predicted octanol–water partition coefficient (Wildman–Crippen LogP) is 5.71. The zero-order valence-electron chi connectivity index (χ0n) is 18.8. The lowest BCUT2D eigenvalue weighted by Gasteiger charge is -2.13. The van der Waals surface area contributed by atoms with Crippen LogP contribution in [0, 0.1) is 0 Å². The van der Waals surface area contributed by atoms with Crippen molar-refractivity contribution < 1.29 is 18.0 Å². The number of rotatable bonds is 3. The molecule has 0 atom stereocenters. The van der Waals surface area contributed by atoms with Crippen molar-refractivity contribution in [2.45, 2.75) is 6.18 Å². The summed E-state index contributed by atoms with van der Waals surface area (Å²) in [6.45, 7) is 0. The number of carbonyl (C=O) groups excluding carboxylic acids is 1. The molecule has 0 aliphatic rings. The molecular formula is C26H17F3N6O. The van der Waals surface area contributed by atoms with Gasteiger partial charge in [-0.3, -0.25) is 10.1 Å². The van der Waals surface area contributed by atoms with Crippen molar-refractivity contribution >= 4 is 39.3 Å². The number of amides is 1. The van der Waals surface area contributed by atoms with Crippen LogP contribution in [0.2, 0.25) is 0 Å². The van der Waals surface area contributed by atoms with E-state index in [1.165, 1.54) is 0 Å². The normalized spacial score (nSPS) is 12.0. The quantitative estimate of drug-likeness (QED) is 0.348. The second-order valence-corrected chi connectivity index (χ2v) is 8.28. The summed E-state index contributed by atoms with van der Waals surface area (Å²) in [6.07, 6.45) is -3.64. The molecule has 3 aromatic heterocycles. The summed E-state index contributed by atoms with van der Waals surface area (Å²) in [6, 6.07) is 21.0. The SMILES string of the molecule is Cn1c(NC(=O)c2cnn3c(C(F)(F)F)cc(-c4cccc5ccccc45)nc23)nc2ccccc21. The van der Waals surface area contributed by atoms with Gasteiger partial charge in [0.05, 0.1) is 22.9 Å². The van der Waals surface area contributed by atoms with Gasteiger partial charge in [0, 0.05) is 12.6 Å². The second kappa shape index (κ2) is 7.91. The van der Waals surface area contributed by atoms with E-state index in [9.17, 15) is 18.0 Å². The highest BCUT2D eigenvalue weighted by Crippen LogP contribution is 2.35. The Labute approximate surface area is 201 Å². The molecule has 0 fully saturated rings. The van der Waals surface area contributed by atoms with Crippen LogP contribution in [0.1, 0.15) is 16.1 Å². The van der Waals surface area contributed by atoms with E-state index in [2.05, 4.69) is 20.4 Å².